The lowest BCUT2D eigenvalue weighted by Gasteiger charge is -2.20. The Hall–Kier alpha value is -1.99. The second-order valence-electron chi connectivity index (χ2n) is 5.98. The van der Waals surface area contributed by atoms with Crippen molar-refractivity contribution in [2.24, 2.45) is 5.92 Å². The maximum atomic E-state index is 5.78. The predicted molar refractivity (Wildman–Crippen MR) is 97.5 cm³/mol. The zero-order valence-corrected chi connectivity index (χ0v) is 15.1. The number of fused-ring (bicyclic) bond motifs is 1. The second-order valence-corrected chi connectivity index (χ2v) is 6.76. The van der Waals surface area contributed by atoms with Gasteiger partial charge in [0, 0.05) is 24.1 Å². The van der Waals surface area contributed by atoms with Crippen LogP contribution in [-0.4, -0.2) is 39.1 Å². The maximum Gasteiger partial charge on any atom is 0.186 e. The molecule has 0 amide bonds. The molecule has 3 heterocycles. The van der Waals surface area contributed by atoms with Gasteiger partial charge in [-0.25, -0.2) is 0 Å². The van der Waals surface area contributed by atoms with Crippen LogP contribution in [0.4, 0.5) is 5.82 Å². The summed E-state index contributed by atoms with van der Waals surface area (Å²) in [6.07, 6.45) is 1.22. The van der Waals surface area contributed by atoms with Gasteiger partial charge in [-0.15, -0.1) is 15.3 Å². The van der Waals surface area contributed by atoms with Gasteiger partial charge in [-0.3, -0.25) is 0 Å². The summed E-state index contributed by atoms with van der Waals surface area (Å²) in [5.41, 5.74) is 1.78. The molecule has 0 aliphatic rings. The van der Waals surface area contributed by atoms with Gasteiger partial charge in [0.05, 0.1) is 6.10 Å². The fraction of sp³-hybridized carbons (Fsp3) is 0.471. The summed E-state index contributed by atoms with van der Waals surface area (Å²) in [6, 6.07) is 5.89. The van der Waals surface area contributed by atoms with Crippen molar-refractivity contribution in [3.8, 4) is 11.4 Å². The minimum atomic E-state index is 0.266. The molecule has 3 aromatic heterocycles. The minimum Gasteiger partial charge on any atom is -0.378 e. The molecule has 0 aliphatic heterocycles. The van der Waals surface area contributed by atoms with Crippen LogP contribution >= 0.6 is 11.3 Å². The Balaban J connectivity index is 1.70. The van der Waals surface area contributed by atoms with Crippen molar-refractivity contribution in [1.82, 2.24) is 19.8 Å². The van der Waals surface area contributed by atoms with E-state index in [0.717, 1.165) is 42.4 Å². The molecule has 0 bridgehead atoms. The molecule has 1 N–H and O–H groups in total. The van der Waals surface area contributed by atoms with Crippen molar-refractivity contribution >= 4 is 22.8 Å². The SMILES string of the molecule is CCOC(CCNc1ccc2nnc(-c3ccsc3)n2n1)C(C)C. The lowest BCUT2D eigenvalue weighted by Crippen LogP contribution is -2.23. The molecule has 0 aliphatic carbocycles. The second kappa shape index (κ2) is 7.72. The highest BCUT2D eigenvalue weighted by atomic mass is 32.1. The van der Waals surface area contributed by atoms with E-state index in [2.05, 4.69) is 34.5 Å². The number of hydrogen-bond donors (Lipinski definition) is 1. The van der Waals surface area contributed by atoms with Crippen molar-refractivity contribution in [3.05, 3.63) is 29.0 Å². The van der Waals surface area contributed by atoms with E-state index in [9.17, 15) is 0 Å². The van der Waals surface area contributed by atoms with Gasteiger partial charge < -0.3 is 10.1 Å². The molecule has 0 radical (unpaired) electrons. The standard InChI is InChI=1S/C17H23N5OS/c1-4-23-14(12(2)3)7-9-18-15-5-6-16-19-20-17(22(16)21-15)13-8-10-24-11-13/h5-6,8,10-12,14H,4,7,9H2,1-3H3,(H,18,21). The Kier molecular flexibility index (Phi) is 5.42. The number of nitrogens with one attached hydrogen (secondary N) is 1. The van der Waals surface area contributed by atoms with Gasteiger partial charge in [0.1, 0.15) is 5.82 Å². The zero-order chi connectivity index (χ0) is 16.9. The molecule has 0 aromatic carbocycles. The third kappa shape index (κ3) is 3.73. The Morgan fingerprint density at radius 1 is 1.25 bits per heavy atom. The third-order valence-electron chi connectivity index (χ3n) is 3.90. The van der Waals surface area contributed by atoms with Gasteiger partial charge in [-0.05, 0) is 42.8 Å². The Bertz CT molecular complexity index is 768. The first-order chi connectivity index (χ1) is 11.7. The van der Waals surface area contributed by atoms with Gasteiger partial charge in [-0.2, -0.15) is 15.9 Å². The molecule has 0 spiro atoms. The van der Waals surface area contributed by atoms with Crippen LogP contribution in [0.2, 0.25) is 0 Å². The van der Waals surface area contributed by atoms with Crippen LogP contribution in [0.25, 0.3) is 17.0 Å². The molecule has 0 saturated heterocycles. The first kappa shape index (κ1) is 16.9. The van der Waals surface area contributed by atoms with Crippen molar-refractivity contribution in [2.75, 3.05) is 18.5 Å². The van der Waals surface area contributed by atoms with Gasteiger partial charge in [-0.1, -0.05) is 13.8 Å². The number of rotatable bonds is 8. The summed E-state index contributed by atoms with van der Waals surface area (Å²) in [7, 11) is 0. The lowest BCUT2D eigenvalue weighted by molar-refractivity contribution is 0.0272. The van der Waals surface area contributed by atoms with E-state index in [4.69, 9.17) is 4.74 Å². The van der Waals surface area contributed by atoms with Crippen LogP contribution in [0, 0.1) is 5.92 Å². The Labute approximate surface area is 145 Å². The van der Waals surface area contributed by atoms with Crippen LogP contribution in [0.15, 0.2) is 29.0 Å². The normalized spacial score (nSPS) is 12.8. The number of hydrogen-bond acceptors (Lipinski definition) is 6. The first-order valence-corrected chi connectivity index (χ1v) is 9.23. The topological polar surface area (TPSA) is 64.3 Å². The van der Waals surface area contributed by atoms with Gasteiger partial charge in [0.2, 0.25) is 0 Å². The summed E-state index contributed by atoms with van der Waals surface area (Å²) >= 11 is 1.64. The minimum absolute atomic E-state index is 0.266. The molecule has 128 valence electrons. The maximum absolute atomic E-state index is 5.78. The summed E-state index contributed by atoms with van der Waals surface area (Å²) < 4.78 is 7.57. The van der Waals surface area contributed by atoms with Crippen molar-refractivity contribution < 1.29 is 4.74 Å². The Morgan fingerprint density at radius 2 is 2.12 bits per heavy atom. The van der Waals surface area contributed by atoms with Gasteiger partial charge in [0.25, 0.3) is 0 Å². The van der Waals surface area contributed by atoms with Crippen molar-refractivity contribution in [2.45, 2.75) is 33.3 Å². The van der Waals surface area contributed by atoms with E-state index in [-0.39, 0.29) is 6.10 Å². The van der Waals surface area contributed by atoms with Crippen molar-refractivity contribution in [1.29, 1.82) is 0 Å². The van der Waals surface area contributed by atoms with Crippen LogP contribution in [0.3, 0.4) is 0 Å². The van der Waals surface area contributed by atoms with Crippen molar-refractivity contribution in [3.63, 3.8) is 0 Å². The smallest absolute Gasteiger partial charge is 0.186 e. The number of nitrogens with zero attached hydrogens (tertiary/aromatic N) is 4. The van der Waals surface area contributed by atoms with Crippen LogP contribution < -0.4 is 5.32 Å². The van der Waals surface area contributed by atoms with Gasteiger partial charge >= 0.3 is 0 Å². The highest BCUT2D eigenvalue weighted by Crippen LogP contribution is 2.21. The fourth-order valence-electron chi connectivity index (χ4n) is 2.62. The molecule has 0 saturated carbocycles. The summed E-state index contributed by atoms with van der Waals surface area (Å²) in [5.74, 6) is 2.09. The number of aromatic nitrogens is 4. The van der Waals surface area contributed by atoms with Crippen LogP contribution in [-0.2, 0) is 4.74 Å². The van der Waals surface area contributed by atoms with Crippen LogP contribution in [0.1, 0.15) is 27.2 Å². The highest BCUT2D eigenvalue weighted by Gasteiger charge is 2.13. The number of anilines is 1. The van der Waals surface area contributed by atoms with Gasteiger partial charge in [0.15, 0.2) is 11.5 Å². The van der Waals surface area contributed by atoms with E-state index >= 15 is 0 Å². The zero-order valence-electron chi connectivity index (χ0n) is 14.3. The molecule has 6 nitrogen and oxygen atoms in total. The largest absolute Gasteiger partial charge is 0.378 e. The molecule has 24 heavy (non-hydrogen) atoms. The molecule has 3 rings (SSSR count). The van der Waals surface area contributed by atoms with E-state index in [1.807, 2.05) is 35.9 Å². The van der Waals surface area contributed by atoms with E-state index in [1.165, 1.54) is 0 Å². The van der Waals surface area contributed by atoms with E-state index in [0.29, 0.717) is 5.92 Å². The molecular formula is C17H23N5OS. The summed E-state index contributed by atoms with van der Waals surface area (Å²) in [4.78, 5) is 0. The molecule has 1 atom stereocenters. The lowest BCUT2D eigenvalue weighted by atomic mass is 10.0. The van der Waals surface area contributed by atoms with E-state index < -0.39 is 0 Å². The highest BCUT2D eigenvalue weighted by molar-refractivity contribution is 7.08. The molecule has 0 fully saturated rings. The third-order valence-corrected chi connectivity index (χ3v) is 4.58. The molecular weight excluding hydrogens is 322 g/mol. The molecule has 1 unspecified atom stereocenters. The first-order valence-electron chi connectivity index (χ1n) is 8.29. The molecule has 7 heteroatoms. The van der Waals surface area contributed by atoms with Crippen LogP contribution in [0.5, 0.6) is 0 Å². The number of ether oxygens (including phenoxy) is 1. The number of thiophene rings is 1. The summed E-state index contributed by atoms with van der Waals surface area (Å²) in [6.45, 7) is 7.98. The monoisotopic (exact) mass is 345 g/mol. The average molecular weight is 345 g/mol. The quantitative estimate of drug-likeness (QED) is 0.674. The molecule has 3 aromatic rings. The predicted octanol–water partition coefficient (Wildman–Crippen LogP) is 3.72. The fourth-order valence-corrected chi connectivity index (χ4v) is 3.25. The summed E-state index contributed by atoms with van der Waals surface area (Å²) in [5, 5.41) is 20.5. The Morgan fingerprint density at radius 3 is 2.83 bits per heavy atom. The van der Waals surface area contributed by atoms with E-state index in [1.54, 1.807) is 15.9 Å². The average Bonchev–Trinajstić information content (AvgIpc) is 3.22.